The molecule has 5 heteroatoms. The van der Waals surface area contributed by atoms with Crippen LogP contribution in [-0.4, -0.2) is 24.7 Å². The smallest absolute Gasteiger partial charge is 0.305 e. The van der Waals surface area contributed by atoms with Gasteiger partial charge in [-0.3, -0.25) is 4.79 Å². The molecule has 1 heterocycles. The average Bonchev–Trinajstić information content (AvgIpc) is 2.68. The summed E-state index contributed by atoms with van der Waals surface area (Å²) in [6.07, 6.45) is 1.21. The van der Waals surface area contributed by atoms with Crippen LogP contribution in [0, 0.1) is 0 Å². The molecule has 1 aliphatic heterocycles. The lowest BCUT2D eigenvalue weighted by Crippen LogP contribution is -2.06. The van der Waals surface area contributed by atoms with Crippen molar-refractivity contribution in [1.29, 1.82) is 0 Å². The average molecular weight is 258 g/mol. The van der Waals surface area contributed by atoms with Gasteiger partial charge in [0.15, 0.2) is 0 Å². The van der Waals surface area contributed by atoms with E-state index in [2.05, 4.69) is 10.1 Å². The highest BCUT2D eigenvalue weighted by molar-refractivity contribution is 5.85. The molecule has 1 aromatic carbocycles. The Kier molecular flexibility index (Phi) is 4.63. The number of hydrogen-bond acceptors (Lipinski definition) is 4. The SMILES string of the molecule is COC(=O)CCC1CNc2cc(O)ccc21.Cl. The summed E-state index contributed by atoms with van der Waals surface area (Å²) >= 11 is 0. The number of anilines is 1. The predicted molar refractivity (Wildman–Crippen MR) is 67.8 cm³/mol. The summed E-state index contributed by atoms with van der Waals surface area (Å²) in [4.78, 5) is 11.1. The molecule has 0 radical (unpaired) electrons. The van der Waals surface area contributed by atoms with Crippen molar-refractivity contribution in [2.24, 2.45) is 0 Å². The molecule has 17 heavy (non-hydrogen) atoms. The zero-order valence-corrected chi connectivity index (χ0v) is 10.4. The fourth-order valence-corrected chi connectivity index (χ4v) is 2.05. The Morgan fingerprint density at radius 1 is 1.59 bits per heavy atom. The van der Waals surface area contributed by atoms with Gasteiger partial charge in [-0.2, -0.15) is 0 Å². The standard InChI is InChI=1S/C12H15NO3.ClH/c1-16-12(15)5-2-8-7-13-11-6-9(14)3-4-10(8)11;/h3-4,6,8,13-14H,2,5,7H2,1H3;1H. The number of methoxy groups -OCH3 is 1. The summed E-state index contributed by atoms with van der Waals surface area (Å²) in [5, 5.41) is 12.5. The Morgan fingerprint density at radius 2 is 2.35 bits per heavy atom. The molecule has 1 aromatic rings. The molecule has 0 amide bonds. The largest absolute Gasteiger partial charge is 0.508 e. The summed E-state index contributed by atoms with van der Waals surface area (Å²) in [7, 11) is 1.40. The first-order valence-corrected chi connectivity index (χ1v) is 5.34. The molecule has 1 aliphatic rings. The van der Waals surface area contributed by atoms with Gasteiger partial charge >= 0.3 is 5.97 Å². The number of carbonyl (C=O) groups excluding carboxylic acids is 1. The van der Waals surface area contributed by atoms with Gasteiger partial charge in [-0.25, -0.2) is 0 Å². The van der Waals surface area contributed by atoms with Gasteiger partial charge in [0.25, 0.3) is 0 Å². The maximum absolute atomic E-state index is 11.1. The van der Waals surface area contributed by atoms with Crippen LogP contribution in [0.25, 0.3) is 0 Å². The molecule has 1 unspecified atom stereocenters. The van der Waals surface area contributed by atoms with Crippen LogP contribution in [0.4, 0.5) is 5.69 Å². The predicted octanol–water partition coefficient (Wildman–Crippen LogP) is 2.28. The second kappa shape index (κ2) is 5.77. The van der Waals surface area contributed by atoms with Crippen LogP contribution in [-0.2, 0) is 9.53 Å². The van der Waals surface area contributed by atoms with Crippen LogP contribution in [0.1, 0.15) is 24.3 Å². The summed E-state index contributed by atoms with van der Waals surface area (Å²) in [6.45, 7) is 0.815. The van der Waals surface area contributed by atoms with Gasteiger partial charge in [0.2, 0.25) is 0 Å². The minimum absolute atomic E-state index is 0. The Labute approximate surface area is 106 Å². The second-order valence-electron chi connectivity index (χ2n) is 3.96. The fourth-order valence-electron chi connectivity index (χ4n) is 2.05. The molecule has 0 bridgehead atoms. The number of aromatic hydroxyl groups is 1. The number of phenolic OH excluding ortho intramolecular Hbond substituents is 1. The van der Waals surface area contributed by atoms with E-state index in [1.165, 1.54) is 12.7 Å². The lowest BCUT2D eigenvalue weighted by molar-refractivity contribution is -0.140. The van der Waals surface area contributed by atoms with Crippen LogP contribution < -0.4 is 5.32 Å². The molecule has 0 spiro atoms. The van der Waals surface area contributed by atoms with E-state index in [4.69, 9.17) is 0 Å². The van der Waals surface area contributed by atoms with E-state index in [0.29, 0.717) is 12.3 Å². The van der Waals surface area contributed by atoms with Crippen LogP contribution in [0.3, 0.4) is 0 Å². The number of nitrogens with one attached hydrogen (secondary N) is 1. The number of phenols is 1. The Morgan fingerprint density at radius 3 is 3.06 bits per heavy atom. The molecular weight excluding hydrogens is 242 g/mol. The van der Waals surface area contributed by atoms with E-state index in [1.54, 1.807) is 12.1 Å². The van der Waals surface area contributed by atoms with Gasteiger partial charge < -0.3 is 15.2 Å². The summed E-state index contributed by atoms with van der Waals surface area (Å²) < 4.78 is 4.62. The maximum Gasteiger partial charge on any atom is 0.305 e. The molecule has 0 aliphatic carbocycles. The number of fused-ring (bicyclic) bond motifs is 1. The lowest BCUT2D eigenvalue weighted by atomic mass is 9.96. The van der Waals surface area contributed by atoms with Gasteiger partial charge in [0.05, 0.1) is 7.11 Å². The van der Waals surface area contributed by atoms with Gasteiger partial charge in [0.1, 0.15) is 5.75 Å². The molecule has 0 saturated heterocycles. The molecule has 1 atom stereocenters. The summed E-state index contributed by atoms with van der Waals surface area (Å²) in [5.74, 6) is 0.418. The van der Waals surface area contributed by atoms with Gasteiger partial charge in [-0.05, 0) is 18.1 Å². The van der Waals surface area contributed by atoms with Crippen molar-refractivity contribution in [3.63, 3.8) is 0 Å². The number of carbonyl (C=O) groups is 1. The minimum Gasteiger partial charge on any atom is -0.508 e. The third-order valence-electron chi connectivity index (χ3n) is 2.94. The Balaban J connectivity index is 0.00000144. The van der Waals surface area contributed by atoms with Crippen molar-refractivity contribution in [2.75, 3.05) is 19.0 Å². The highest BCUT2D eigenvalue weighted by Crippen LogP contribution is 2.36. The first kappa shape index (κ1) is 13.6. The van der Waals surface area contributed by atoms with Crippen molar-refractivity contribution in [3.8, 4) is 5.75 Å². The maximum atomic E-state index is 11.1. The summed E-state index contributed by atoms with van der Waals surface area (Å²) in [5.41, 5.74) is 2.14. The van der Waals surface area contributed by atoms with Crippen LogP contribution >= 0.6 is 12.4 Å². The van der Waals surface area contributed by atoms with Gasteiger partial charge in [-0.1, -0.05) is 6.07 Å². The summed E-state index contributed by atoms with van der Waals surface area (Å²) in [6, 6.07) is 5.30. The van der Waals surface area contributed by atoms with E-state index < -0.39 is 0 Å². The normalized spacial score (nSPS) is 16.6. The molecule has 4 nitrogen and oxygen atoms in total. The molecule has 0 fully saturated rings. The van der Waals surface area contributed by atoms with E-state index in [0.717, 1.165) is 18.7 Å². The van der Waals surface area contributed by atoms with E-state index >= 15 is 0 Å². The monoisotopic (exact) mass is 257 g/mol. The highest BCUT2D eigenvalue weighted by atomic mass is 35.5. The van der Waals surface area contributed by atoms with Crippen molar-refractivity contribution in [2.45, 2.75) is 18.8 Å². The number of benzene rings is 1. The number of hydrogen-bond donors (Lipinski definition) is 2. The third-order valence-corrected chi connectivity index (χ3v) is 2.94. The topological polar surface area (TPSA) is 58.6 Å². The molecule has 0 aromatic heterocycles. The third kappa shape index (κ3) is 3.03. The quantitative estimate of drug-likeness (QED) is 0.816. The zero-order valence-electron chi connectivity index (χ0n) is 9.60. The minimum atomic E-state index is -0.174. The first-order valence-electron chi connectivity index (χ1n) is 5.34. The Bertz CT molecular complexity index is 409. The molecule has 0 saturated carbocycles. The molecular formula is C12H16ClNO3. The van der Waals surface area contributed by atoms with Gasteiger partial charge in [-0.15, -0.1) is 12.4 Å². The molecule has 94 valence electrons. The lowest BCUT2D eigenvalue weighted by Gasteiger charge is -2.08. The molecule has 2 N–H and O–H groups in total. The first-order chi connectivity index (χ1) is 7.70. The van der Waals surface area contributed by atoms with Crippen LogP contribution in [0.2, 0.25) is 0 Å². The number of rotatable bonds is 3. The fraction of sp³-hybridized carbons (Fsp3) is 0.417. The second-order valence-corrected chi connectivity index (χ2v) is 3.96. The Hall–Kier alpha value is -1.42. The van der Waals surface area contributed by atoms with E-state index in [9.17, 15) is 9.90 Å². The van der Waals surface area contributed by atoms with Crippen molar-refractivity contribution >= 4 is 24.1 Å². The van der Waals surface area contributed by atoms with E-state index in [-0.39, 0.29) is 24.1 Å². The van der Waals surface area contributed by atoms with Crippen LogP contribution in [0.5, 0.6) is 5.75 Å². The van der Waals surface area contributed by atoms with Crippen molar-refractivity contribution < 1.29 is 14.6 Å². The van der Waals surface area contributed by atoms with Gasteiger partial charge in [0, 0.05) is 30.6 Å². The van der Waals surface area contributed by atoms with Crippen LogP contribution in [0.15, 0.2) is 18.2 Å². The number of halogens is 1. The zero-order chi connectivity index (χ0) is 11.5. The molecule has 2 rings (SSSR count). The number of ether oxygens (including phenoxy) is 1. The van der Waals surface area contributed by atoms with Crippen molar-refractivity contribution in [1.82, 2.24) is 0 Å². The highest BCUT2D eigenvalue weighted by Gasteiger charge is 2.22. The van der Waals surface area contributed by atoms with Crippen molar-refractivity contribution in [3.05, 3.63) is 23.8 Å². The van der Waals surface area contributed by atoms with E-state index in [1.807, 2.05) is 6.07 Å². The number of esters is 1.